The van der Waals surface area contributed by atoms with Gasteiger partial charge in [0.05, 0.1) is 19.3 Å². The summed E-state index contributed by atoms with van der Waals surface area (Å²) in [4.78, 5) is 22.5. The van der Waals surface area contributed by atoms with Gasteiger partial charge in [0.15, 0.2) is 11.9 Å². The second-order valence-electron chi connectivity index (χ2n) is 9.21. The summed E-state index contributed by atoms with van der Waals surface area (Å²) in [6.45, 7) is 4.36. The van der Waals surface area contributed by atoms with Crippen molar-refractivity contribution >= 4 is 0 Å². The molecule has 0 bridgehead atoms. The lowest BCUT2D eigenvalue weighted by atomic mass is 9.98. The molecule has 2 heterocycles. The summed E-state index contributed by atoms with van der Waals surface area (Å²) in [7, 11) is 1.59. The van der Waals surface area contributed by atoms with Gasteiger partial charge < -0.3 is 19.1 Å². The second-order valence-corrected chi connectivity index (χ2v) is 9.21. The molecule has 0 N–H and O–H groups in total. The summed E-state index contributed by atoms with van der Waals surface area (Å²) < 4.78 is 17.7. The molecule has 0 aliphatic heterocycles. The third-order valence-electron chi connectivity index (χ3n) is 6.53. The van der Waals surface area contributed by atoms with Crippen LogP contribution >= 0.6 is 0 Å². The summed E-state index contributed by atoms with van der Waals surface area (Å²) in [5, 5.41) is 15.2. The van der Waals surface area contributed by atoms with Crippen LogP contribution in [0.25, 0.3) is 22.5 Å². The van der Waals surface area contributed by atoms with Crippen molar-refractivity contribution in [1.29, 1.82) is 0 Å². The van der Waals surface area contributed by atoms with Crippen LogP contribution in [0.1, 0.15) is 37.4 Å². The minimum atomic E-state index is -0.731. The van der Waals surface area contributed by atoms with Crippen LogP contribution in [0.5, 0.6) is 23.3 Å². The normalized spacial score (nSPS) is 11.0. The Balaban J connectivity index is 1.49. The van der Waals surface area contributed by atoms with E-state index >= 15 is 0 Å². The predicted molar refractivity (Wildman–Crippen MR) is 149 cm³/mol. The zero-order chi connectivity index (χ0) is 28.1. The number of hydrogen-bond donors (Lipinski definition) is 0. The molecule has 3 aromatic carbocycles. The maximum absolute atomic E-state index is 13.8. The Labute approximate surface area is 231 Å². The Kier molecular flexibility index (Phi) is 7.91. The Morgan fingerprint density at radius 2 is 1.68 bits per heavy atom. The fourth-order valence-corrected chi connectivity index (χ4v) is 4.55. The Morgan fingerprint density at radius 3 is 2.35 bits per heavy atom. The van der Waals surface area contributed by atoms with E-state index in [0.717, 1.165) is 28.9 Å². The van der Waals surface area contributed by atoms with Gasteiger partial charge in [-0.05, 0) is 41.7 Å². The number of methoxy groups -OCH3 is 1. The van der Waals surface area contributed by atoms with Crippen LogP contribution < -0.4 is 20.1 Å². The van der Waals surface area contributed by atoms with Crippen LogP contribution in [0.4, 0.5) is 0 Å². The first-order chi connectivity index (χ1) is 19.5. The molecule has 0 atom stereocenters. The topological polar surface area (TPSA) is 115 Å². The van der Waals surface area contributed by atoms with Gasteiger partial charge in [0.2, 0.25) is 5.75 Å². The summed E-state index contributed by atoms with van der Waals surface area (Å²) in [6, 6.07) is 22.6. The molecule has 0 aliphatic rings. The fourth-order valence-electron chi connectivity index (χ4n) is 4.55. The highest BCUT2D eigenvalue weighted by molar-refractivity contribution is 5.80. The molecule has 40 heavy (non-hydrogen) atoms. The molecule has 5 aromatic rings. The van der Waals surface area contributed by atoms with Gasteiger partial charge in [0, 0.05) is 18.1 Å². The van der Waals surface area contributed by atoms with E-state index in [4.69, 9.17) is 14.5 Å². The number of aryl methyl sites for hydroxylation is 2. The first kappa shape index (κ1) is 26.7. The summed E-state index contributed by atoms with van der Waals surface area (Å²) in [5.41, 5.74) is 3.81. The molecule has 5 rings (SSSR count). The smallest absolute Gasteiger partial charge is 0.297 e. The second kappa shape index (κ2) is 11.9. The maximum atomic E-state index is 13.8. The van der Waals surface area contributed by atoms with Crippen LogP contribution in [-0.4, -0.2) is 26.8 Å². The van der Waals surface area contributed by atoms with Gasteiger partial charge in [-0.2, -0.15) is 5.16 Å². The average Bonchev–Trinajstić information content (AvgIpc) is 3.43. The number of ether oxygens (including phenoxy) is 2. The number of rotatable bonds is 10. The van der Waals surface area contributed by atoms with E-state index in [-0.39, 0.29) is 17.1 Å². The minimum Gasteiger partial charge on any atom is -0.528 e. The van der Waals surface area contributed by atoms with Crippen LogP contribution in [0.15, 0.2) is 82.1 Å². The van der Waals surface area contributed by atoms with Gasteiger partial charge in [-0.25, -0.2) is 9.97 Å². The van der Waals surface area contributed by atoms with Crippen LogP contribution in [0.2, 0.25) is 0 Å². The molecule has 0 unspecified atom stereocenters. The van der Waals surface area contributed by atoms with E-state index in [0.29, 0.717) is 42.1 Å². The lowest BCUT2D eigenvalue weighted by Crippen LogP contribution is -2.28. The highest BCUT2D eigenvalue weighted by Crippen LogP contribution is 2.31. The first-order valence-corrected chi connectivity index (χ1v) is 13.1. The van der Waals surface area contributed by atoms with Gasteiger partial charge in [0.25, 0.3) is 5.56 Å². The quantitative estimate of drug-likeness (QED) is 0.233. The van der Waals surface area contributed by atoms with Gasteiger partial charge >= 0.3 is 0 Å². The van der Waals surface area contributed by atoms with E-state index < -0.39 is 6.08 Å². The molecule has 0 saturated carbocycles. The predicted octanol–water partition coefficient (Wildman–Crippen LogP) is 5.40. The van der Waals surface area contributed by atoms with Crippen molar-refractivity contribution in [3.63, 3.8) is 0 Å². The third-order valence-corrected chi connectivity index (χ3v) is 6.53. The summed E-state index contributed by atoms with van der Waals surface area (Å²) in [6.07, 6.45) is 1.35. The first-order valence-electron chi connectivity index (χ1n) is 13.1. The SMILES string of the molecule is CCCc1nc(CC)c(Oc2cccc(OC)c2)c(=O)n1Cc1ccc(-c2ccccc2-c2noc([O-])n2)cc1. The van der Waals surface area contributed by atoms with Crippen LogP contribution in [-0.2, 0) is 19.4 Å². The number of aromatic nitrogens is 4. The molecule has 204 valence electrons. The van der Waals surface area contributed by atoms with E-state index in [2.05, 4.69) is 21.6 Å². The molecule has 9 heteroatoms. The van der Waals surface area contributed by atoms with Gasteiger partial charge in [-0.3, -0.25) is 9.36 Å². The zero-order valence-corrected chi connectivity index (χ0v) is 22.6. The molecule has 0 spiro atoms. The molecule has 0 radical (unpaired) electrons. The van der Waals surface area contributed by atoms with Crippen molar-refractivity contribution in [2.75, 3.05) is 7.11 Å². The van der Waals surface area contributed by atoms with Crippen LogP contribution in [0, 0.1) is 0 Å². The largest absolute Gasteiger partial charge is 0.528 e. The Bertz CT molecular complexity index is 1670. The molecular formula is C31H29N4O5-. The molecule has 0 aliphatic carbocycles. The zero-order valence-electron chi connectivity index (χ0n) is 22.6. The minimum absolute atomic E-state index is 0.221. The monoisotopic (exact) mass is 537 g/mol. The number of hydrogen-bond acceptors (Lipinski definition) is 8. The standard InChI is InChI=1S/C31H30N4O5/c1-4-9-27-32-26(5-2)28(39-23-11-8-10-22(18-23)38-3)30(36)35(27)19-20-14-16-21(17-15-20)24-12-6-7-13-25(24)29-33-31(37)40-34-29/h6-8,10-18H,4-5,9,19H2,1-3H3,(H,33,34,37)/p-1. The molecule has 9 nitrogen and oxygen atoms in total. The van der Waals surface area contributed by atoms with Gasteiger partial charge in [-0.1, -0.05) is 68.4 Å². The molecule has 2 aromatic heterocycles. The van der Waals surface area contributed by atoms with E-state index in [1.165, 1.54) is 0 Å². The maximum Gasteiger partial charge on any atom is 0.297 e. The molecule has 0 saturated heterocycles. The number of benzene rings is 3. The highest BCUT2D eigenvalue weighted by Gasteiger charge is 2.18. The highest BCUT2D eigenvalue weighted by atomic mass is 16.6. The third kappa shape index (κ3) is 5.58. The van der Waals surface area contributed by atoms with Crippen molar-refractivity contribution in [2.24, 2.45) is 0 Å². The van der Waals surface area contributed by atoms with Gasteiger partial charge in [-0.15, -0.1) is 0 Å². The molecular weight excluding hydrogens is 508 g/mol. The number of nitrogens with zero attached hydrogens (tertiary/aromatic N) is 4. The summed E-state index contributed by atoms with van der Waals surface area (Å²) >= 11 is 0. The van der Waals surface area contributed by atoms with Crippen molar-refractivity contribution in [2.45, 2.75) is 39.7 Å². The molecule has 0 amide bonds. The van der Waals surface area contributed by atoms with Crippen molar-refractivity contribution in [3.8, 4) is 45.8 Å². The Hall–Kier alpha value is -4.92. The fraction of sp³-hybridized carbons (Fsp3) is 0.226. The van der Waals surface area contributed by atoms with E-state index in [1.54, 1.807) is 23.8 Å². The van der Waals surface area contributed by atoms with E-state index in [1.807, 2.05) is 67.6 Å². The van der Waals surface area contributed by atoms with Gasteiger partial charge in [0.1, 0.15) is 17.3 Å². The van der Waals surface area contributed by atoms with Crippen molar-refractivity contribution < 1.29 is 19.1 Å². The van der Waals surface area contributed by atoms with Crippen molar-refractivity contribution in [1.82, 2.24) is 19.7 Å². The molecule has 0 fully saturated rings. The lowest BCUT2D eigenvalue weighted by Gasteiger charge is -2.17. The van der Waals surface area contributed by atoms with Crippen LogP contribution in [0.3, 0.4) is 0 Å². The van der Waals surface area contributed by atoms with E-state index in [9.17, 15) is 9.90 Å². The van der Waals surface area contributed by atoms with Crippen molar-refractivity contribution in [3.05, 3.63) is 100 Å². The average molecular weight is 538 g/mol. The lowest BCUT2D eigenvalue weighted by molar-refractivity contribution is -0.303. The Morgan fingerprint density at radius 1 is 0.925 bits per heavy atom. The summed E-state index contributed by atoms with van der Waals surface area (Å²) in [5.74, 6) is 2.34.